The van der Waals surface area contributed by atoms with E-state index in [0.29, 0.717) is 49.3 Å². The Hall–Kier alpha value is -2.53. The van der Waals surface area contributed by atoms with Crippen LogP contribution in [0.3, 0.4) is 0 Å². The minimum Gasteiger partial charge on any atom is -0.508 e. The Kier molecular flexibility index (Phi) is 8.79. The van der Waals surface area contributed by atoms with Crippen LogP contribution < -0.4 is 19.5 Å². The van der Waals surface area contributed by atoms with Crippen molar-refractivity contribution in [3.63, 3.8) is 0 Å². The van der Waals surface area contributed by atoms with Crippen LogP contribution in [-0.4, -0.2) is 76.0 Å². The number of nitrogens with one attached hydrogen (secondary N) is 1. The number of benzene rings is 2. The fraction of sp³-hybridized carbons (Fsp3) is 0.478. The van der Waals surface area contributed by atoms with Gasteiger partial charge in [-0.05, 0) is 61.7 Å². The number of aliphatic hydroxyl groups excluding tert-OH is 1. The van der Waals surface area contributed by atoms with Crippen LogP contribution in [0.1, 0.15) is 12.8 Å². The van der Waals surface area contributed by atoms with Gasteiger partial charge in [-0.1, -0.05) is 0 Å². The Bertz CT molecular complexity index is 990. The van der Waals surface area contributed by atoms with E-state index in [2.05, 4.69) is 5.32 Å². The molecule has 0 amide bonds. The zero-order valence-corrected chi connectivity index (χ0v) is 19.8. The molecule has 1 atom stereocenters. The van der Waals surface area contributed by atoms with Gasteiger partial charge in [0.1, 0.15) is 24.2 Å². The van der Waals surface area contributed by atoms with Crippen LogP contribution in [0.15, 0.2) is 47.4 Å². The van der Waals surface area contributed by atoms with Crippen LogP contribution in [0, 0.1) is 5.92 Å². The number of nitrogens with zero attached hydrogens (tertiary/aromatic N) is 1. The van der Waals surface area contributed by atoms with Crippen molar-refractivity contribution >= 4 is 10.0 Å². The van der Waals surface area contributed by atoms with Gasteiger partial charge in [0.25, 0.3) is 0 Å². The van der Waals surface area contributed by atoms with E-state index < -0.39 is 16.1 Å². The van der Waals surface area contributed by atoms with Crippen molar-refractivity contribution in [2.75, 3.05) is 47.0 Å². The maximum atomic E-state index is 13.0. The molecule has 182 valence electrons. The first-order valence-corrected chi connectivity index (χ1v) is 12.3. The Labute approximate surface area is 194 Å². The molecule has 1 saturated heterocycles. The Balaban J connectivity index is 1.41. The first kappa shape index (κ1) is 25.1. The molecule has 33 heavy (non-hydrogen) atoms. The molecule has 1 aliphatic heterocycles. The van der Waals surface area contributed by atoms with E-state index in [0.717, 1.165) is 12.8 Å². The van der Waals surface area contributed by atoms with E-state index in [9.17, 15) is 18.6 Å². The first-order valence-electron chi connectivity index (χ1n) is 10.9. The Morgan fingerprint density at radius 3 is 2.36 bits per heavy atom. The van der Waals surface area contributed by atoms with Crippen molar-refractivity contribution in [2.24, 2.45) is 5.92 Å². The molecule has 0 aliphatic carbocycles. The highest BCUT2D eigenvalue weighted by molar-refractivity contribution is 7.89. The van der Waals surface area contributed by atoms with Crippen molar-refractivity contribution in [1.82, 2.24) is 9.62 Å². The standard InChI is InChI=1S/C23H32N2O7S/c1-30-22-8-7-21(13-23(22)31-2)33(28,29)25-11-9-17(10-12-25)14-24-15-19(27)16-32-20-5-3-18(26)4-6-20/h3-8,13,17,19,24,26-27H,9-12,14-16H2,1-2H3/t19-/m0/s1. The maximum Gasteiger partial charge on any atom is 0.243 e. The first-order chi connectivity index (χ1) is 15.8. The Morgan fingerprint density at radius 1 is 1.06 bits per heavy atom. The molecular weight excluding hydrogens is 448 g/mol. The fourth-order valence-electron chi connectivity index (χ4n) is 3.73. The van der Waals surface area contributed by atoms with Gasteiger partial charge in [-0.15, -0.1) is 0 Å². The van der Waals surface area contributed by atoms with Gasteiger partial charge in [-0.25, -0.2) is 8.42 Å². The molecule has 3 N–H and O–H groups in total. The number of phenols is 1. The number of aromatic hydroxyl groups is 1. The van der Waals surface area contributed by atoms with Crippen LogP contribution in [0.5, 0.6) is 23.0 Å². The normalized spacial score (nSPS) is 16.3. The Morgan fingerprint density at radius 2 is 1.73 bits per heavy atom. The summed E-state index contributed by atoms with van der Waals surface area (Å²) in [7, 11) is -0.626. The number of aliphatic hydroxyl groups is 1. The smallest absolute Gasteiger partial charge is 0.243 e. The lowest BCUT2D eigenvalue weighted by atomic mass is 9.98. The number of hydrogen-bond donors (Lipinski definition) is 3. The molecule has 0 spiro atoms. The largest absolute Gasteiger partial charge is 0.508 e. The van der Waals surface area contributed by atoms with E-state index in [1.807, 2.05) is 0 Å². The van der Waals surface area contributed by atoms with Crippen LogP contribution in [0.25, 0.3) is 0 Å². The van der Waals surface area contributed by atoms with E-state index in [1.54, 1.807) is 18.2 Å². The summed E-state index contributed by atoms with van der Waals surface area (Å²) in [6.07, 6.45) is 0.795. The molecule has 0 bridgehead atoms. The summed E-state index contributed by atoms with van der Waals surface area (Å²) in [6, 6.07) is 10.9. The summed E-state index contributed by atoms with van der Waals surface area (Å²) in [5.41, 5.74) is 0. The molecule has 1 heterocycles. The molecule has 10 heteroatoms. The quantitative estimate of drug-likeness (QED) is 0.446. The van der Waals surface area contributed by atoms with Crippen LogP contribution in [-0.2, 0) is 10.0 Å². The van der Waals surface area contributed by atoms with E-state index in [-0.39, 0.29) is 17.3 Å². The number of ether oxygens (including phenoxy) is 3. The molecule has 9 nitrogen and oxygen atoms in total. The molecule has 1 aliphatic rings. The van der Waals surface area contributed by atoms with Crippen molar-refractivity contribution in [3.05, 3.63) is 42.5 Å². The molecule has 3 rings (SSSR count). The summed E-state index contributed by atoms with van der Waals surface area (Å²) in [5, 5.41) is 22.6. The fourth-order valence-corrected chi connectivity index (χ4v) is 5.21. The highest BCUT2D eigenvalue weighted by Crippen LogP contribution is 2.31. The van der Waals surface area contributed by atoms with E-state index >= 15 is 0 Å². The van der Waals surface area contributed by atoms with Crippen molar-refractivity contribution in [2.45, 2.75) is 23.8 Å². The zero-order chi connectivity index (χ0) is 23.8. The third-order valence-electron chi connectivity index (χ3n) is 5.66. The summed E-state index contributed by atoms with van der Waals surface area (Å²) in [5.74, 6) is 1.93. The highest BCUT2D eigenvalue weighted by atomic mass is 32.2. The van der Waals surface area contributed by atoms with Crippen molar-refractivity contribution in [1.29, 1.82) is 0 Å². The SMILES string of the molecule is COc1ccc(S(=O)(=O)N2CCC(CNC[C@H](O)COc3ccc(O)cc3)CC2)cc1OC. The second kappa shape index (κ2) is 11.6. The topological polar surface area (TPSA) is 118 Å². The third-order valence-corrected chi connectivity index (χ3v) is 7.55. The van der Waals surface area contributed by atoms with E-state index in [1.165, 1.54) is 42.8 Å². The lowest BCUT2D eigenvalue weighted by Crippen LogP contribution is -2.42. The second-order valence-electron chi connectivity index (χ2n) is 7.98. The van der Waals surface area contributed by atoms with Crippen LogP contribution in [0.2, 0.25) is 0 Å². The molecule has 0 radical (unpaired) electrons. The maximum absolute atomic E-state index is 13.0. The number of rotatable bonds is 11. The van der Waals surface area contributed by atoms with Gasteiger partial charge in [0.05, 0.1) is 19.1 Å². The van der Waals surface area contributed by atoms with Gasteiger partial charge in [-0.2, -0.15) is 4.31 Å². The predicted molar refractivity (Wildman–Crippen MR) is 124 cm³/mol. The molecule has 2 aromatic rings. The zero-order valence-electron chi connectivity index (χ0n) is 18.9. The van der Waals surface area contributed by atoms with Gasteiger partial charge in [0, 0.05) is 25.7 Å². The molecule has 2 aromatic carbocycles. The van der Waals surface area contributed by atoms with Gasteiger partial charge in [0.2, 0.25) is 10.0 Å². The predicted octanol–water partition coefficient (Wildman–Crippen LogP) is 1.84. The summed E-state index contributed by atoms with van der Waals surface area (Å²) >= 11 is 0. The number of phenolic OH excluding ortho intramolecular Hbond substituents is 1. The average molecular weight is 481 g/mol. The highest BCUT2D eigenvalue weighted by Gasteiger charge is 2.30. The molecule has 0 saturated carbocycles. The van der Waals surface area contributed by atoms with E-state index in [4.69, 9.17) is 14.2 Å². The monoisotopic (exact) mass is 480 g/mol. The van der Waals surface area contributed by atoms with Gasteiger partial charge in [0.15, 0.2) is 11.5 Å². The number of piperidine rings is 1. The molecule has 0 unspecified atom stereocenters. The third kappa shape index (κ3) is 6.73. The lowest BCUT2D eigenvalue weighted by molar-refractivity contribution is 0.104. The average Bonchev–Trinajstić information content (AvgIpc) is 2.83. The lowest BCUT2D eigenvalue weighted by Gasteiger charge is -2.31. The summed E-state index contributed by atoms with van der Waals surface area (Å²) in [6.45, 7) is 2.09. The van der Waals surface area contributed by atoms with Crippen molar-refractivity contribution in [3.8, 4) is 23.0 Å². The van der Waals surface area contributed by atoms with Gasteiger partial charge in [-0.3, -0.25) is 0 Å². The second-order valence-corrected chi connectivity index (χ2v) is 9.92. The van der Waals surface area contributed by atoms with Crippen molar-refractivity contribution < 1.29 is 32.8 Å². The van der Waals surface area contributed by atoms with Gasteiger partial charge < -0.3 is 29.7 Å². The number of methoxy groups -OCH3 is 2. The number of hydrogen-bond acceptors (Lipinski definition) is 8. The number of sulfonamides is 1. The summed E-state index contributed by atoms with van der Waals surface area (Å²) in [4.78, 5) is 0.188. The van der Waals surface area contributed by atoms with Gasteiger partial charge >= 0.3 is 0 Å². The molecular formula is C23H32N2O7S. The minimum atomic E-state index is -3.61. The van der Waals surface area contributed by atoms with Crippen LogP contribution >= 0.6 is 0 Å². The van der Waals surface area contributed by atoms with Crippen LogP contribution in [0.4, 0.5) is 0 Å². The molecule has 0 aromatic heterocycles. The molecule has 1 fully saturated rings. The minimum absolute atomic E-state index is 0.139. The summed E-state index contributed by atoms with van der Waals surface area (Å²) < 4.78 is 43.5.